The van der Waals surface area contributed by atoms with E-state index in [0.29, 0.717) is 36.2 Å². The normalized spacial score (nSPS) is 11.4. The third kappa shape index (κ3) is 5.73. The van der Waals surface area contributed by atoms with Crippen LogP contribution in [0.3, 0.4) is 0 Å². The monoisotopic (exact) mass is 466 g/mol. The molecule has 6 nitrogen and oxygen atoms in total. The van der Waals surface area contributed by atoms with Crippen LogP contribution >= 0.6 is 15.9 Å². The van der Waals surface area contributed by atoms with Crippen molar-refractivity contribution in [2.75, 3.05) is 25.9 Å². The van der Waals surface area contributed by atoms with Gasteiger partial charge in [-0.25, -0.2) is 12.7 Å². The summed E-state index contributed by atoms with van der Waals surface area (Å²) >= 11 is 3.33. The van der Waals surface area contributed by atoms with Gasteiger partial charge < -0.3 is 5.32 Å². The van der Waals surface area contributed by atoms with E-state index < -0.39 is 10.0 Å². The van der Waals surface area contributed by atoms with Crippen LogP contribution in [0.2, 0.25) is 0 Å². The maximum Gasteiger partial charge on any atom is 0.252 e. The number of nitrogens with one attached hydrogen (secondary N) is 1. The van der Waals surface area contributed by atoms with Crippen molar-refractivity contribution in [1.29, 1.82) is 0 Å². The Morgan fingerprint density at radius 2 is 1.64 bits per heavy atom. The molecule has 8 heteroatoms. The van der Waals surface area contributed by atoms with E-state index >= 15 is 0 Å². The van der Waals surface area contributed by atoms with Crippen LogP contribution in [0.15, 0.2) is 53.0 Å². The van der Waals surface area contributed by atoms with Gasteiger partial charge in [-0.3, -0.25) is 9.59 Å². The van der Waals surface area contributed by atoms with E-state index in [9.17, 15) is 18.0 Å². The summed E-state index contributed by atoms with van der Waals surface area (Å²) in [6, 6.07) is 13.6. The van der Waals surface area contributed by atoms with Crippen LogP contribution in [-0.2, 0) is 10.0 Å². The van der Waals surface area contributed by atoms with Crippen molar-refractivity contribution in [3.63, 3.8) is 0 Å². The van der Waals surface area contributed by atoms with E-state index in [2.05, 4.69) is 21.2 Å². The molecule has 0 radical (unpaired) electrons. The van der Waals surface area contributed by atoms with Crippen molar-refractivity contribution in [2.45, 2.75) is 13.3 Å². The Morgan fingerprint density at radius 3 is 2.25 bits per heavy atom. The highest BCUT2D eigenvalue weighted by atomic mass is 79.9. The van der Waals surface area contributed by atoms with Gasteiger partial charge in [0.25, 0.3) is 5.91 Å². The molecular formula is C20H23BrN2O4S. The first-order chi connectivity index (χ1) is 13.3. The number of benzene rings is 2. The molecule has 0 saturated heterocycles. The molecule has 0 atom stereocenters. The average molecular weight is 467 g/mol. The number of nitrogens with zero attached hydrogens (tertiary/aromatic N) is 1. The number of sulfonamides is 1. The summed E-state index contributed by atoms with van der Waals surface area (Å²) in [4.78, 5) is 25.3. The molecule has 0 aliphatic heterocycles. The first kappa shape index (κ1) is 22.3. The van der Waals surface area contributed by atoms with Crippen LogP contribution in [0, 0.1) is 0 Å². The highest BCUT2D eigenvalue weighted by Crippen LogP contribution is 2.17. The number of hydrogen-bond acceptors (Lipinski definition) is 4. The molecule has 0 heterocycles. The summed E-state index contributed by atoms with van der Waals surface area (Å²) in [5.74, 6) is -0.546. The molecule has 0 aliphatic rings. The predicted molar refractivity (Wildman–Crippen MR) is 113 cm³/mol. The second kappa shape index (κ2) is 9.95. The molecule has 2 rings (SSSR count). The summed E-state index contributed by atoms with van der Waals surface area (Å²) in [5.41, 5.74) is 1.12. The molecular weight excluding hydrogens is 444 g/mol. The van der Waals surface area contributed by atoms with Crippen LogP contribution in [0.5, 0.6) is 0 Å². The van der Waals surface area contributed by atoms with Gasteiger partial charge in [-0.2, -0.15) is 0 Å². The number of hydrogen-bond donors (Lipinski definition) is 1. The predicted octanol–water partition coefficient (Wildman–Crippen LogP) is 3.08. The molecule has 2 aromatic rings. The fourth-order valence-corrected chi connectivity index (χ4v) is 3.71. The number of amides is 1. The standard InChI is InChI=1S/C20H23BrN2O4S/c1-3-28(26,27)23(2)14-6-13-22-20(25)18-8-5-4-7-17(18)19(24)15-9-11-16(21)12-10-15/h4-5,7-12H,3,6,13-14H2,1-2H3,(H,22,25). The van der Waals surface area contributed by atoms with E-state index in [0.717, 1.165) is 4.47 Å². The summed E-state index contributed by atoms with van der Waals surface area (Å²) in [6.45, 7) is 2.21. The van der Waals surface area contributed by atoms with Gasteiger partial charge in [0.05, 0.1) is 11.3 Å². The minimum absolute atomic E-state index is 0.0431. The average Bonchev–Trinajstić information content (AvgIpc) is 2.70. The first-order valence-corrected chi connectivity index (χ1v) is 11.3. The van der Waals surface area contributed by atoms with E-state index in [1.807, 2.05) is 0 Å². The highest BCUT2D eigenvalue weighted by molar-refractivity contribution is 9.10. The molecule has 150 valence electrons. The van der Waals surface area contributed by atoms with E-state index in [1.54, 1.807) is 55.5 Å². The van der Waals surface area contributed by atoms with Crippen LogP contribution in [0.4, 0.5) is 0 Å². The fraction of sp³-hybridized carbons (Fsp3) is 0.300. The molecule has 0 fully saturated rings. The molecule has 0 aromatic heterocycles. The lowest BCUT2D eigenvalue weighted by Crippen LogP contribution is -2.32. The minimum Gasteiger partial charge on any atom is -0.352 e. The first-order valence-electron chi connectivity index (χ1n) is 8.87. The molecule has 0 unspecified atom stereocenters. The number of carbonyl (C=O) groups excluding carboxylic acids is 2. The zero-order chi connectivity index (χ0) is 20.7. The lowest BCUT2D eigenvalue weighted by Gasteiger charge is -2.16. The van der Waals surface area contributed by atoms with Crippen LogP contribution < -0.4 is 5.32 Å². The van der Waals surface area contributed by atoms with E-state index in [4.69, 9.17) is 0 Å². The number of ketones is 1. The van der Waals surface area contributed by atoms with Gasteiger partial charge in [0.1, 0.15) is 0 Å². The van der Waals surface area contributed by atoms with Crippen molar-refractivity contribution in [3.05, 3.63) is 69.7 Å². The number of halogens is 1. The van der Waals surface area contributed by atoms with Crippen molar-refractivity contribution in [3.8, 4) is 0 Å². The van der Waals surface area contributed by atoms with Gasteiger partial charge in [0, 0.05) is 35.7 Å². The van der Waals surface area contributed by atoms with Crippen molar-refractivity contribution < 1.29 is 18.0 Å². The quantitative estimate of drug-likeness (QED) is 0.454. The Hall–Kier alpha value is -2.03. The third-order valence-corrected chi connectivity index (χ3v) is 6.69. The summed E-state index contributed by atoms with van der Waals surface area (Å²) in [5, 5.41) is 2.76. The lowest BCUT2D eigenvalue weighted by molar-refractivity contribution is 0.0941. The zero-order valence-corrected chi connectivity index (χ0v) is 18.2. The van der Waals surface area contributed by atoms with Crippen molar-refractivity contribution in [1.82, 2.24) is 9.62 Å². The van der Waals surface area contributed by atoms with E-state index in [1.165, 1.54) is 11.4 Å². The highest BCUT2D eigenvalue weighted by Gasteiger charge is 2.18. The Balaban J connectivity index is 2.03. The van der Waals surface area contributed by atoms with Crippen LogP contribution in [0.25, 0.3) is 0 Å². The van der Waals surface area contributed by atoms with Crippen molar-refractivity contribution >= 4 is 37.6 Å². The molecule has 1 N–H and O–H groups in total. The molecule has 28 heavy (non-hydrogen) atoms. The largest absolute Gasteiger partial charge is 0.352 e. The Bertz CT molecular complexity index is 943. The van der Waals surface area contributed by atoms with Gasteiger partial charge in [0.2, 0.25) is 10.0 Å². The third-order valence-electron chi connectivity index (χ3n) is 4.30. The Labute approximate surface area is 174 Å². The molecule has 0 spiro atoms. The maximum absolute atomic E-state index is 12.8. The number of carbonyl (C=O) groups is 2. The topological polar surface area (TPSA) is 83.6 Å². The smallest absolute Gasteiger partial charge is 0.252 e. The summed E-state index contributed by atoms with van der Waals surface area (Å²) in [7, 11) is -1.71. The maximum atomic E-state index is 12.8. The van der Waals surface area contributed by atoms with Crippen LogP contribution in [0.1, 0.15) is 39.6 Å². The van der Waals surface area contributed by atoms with Crippen molar-refractivity contribution in [2.24, 2.45) is 0 Å². The van der Waals surface area contributed by atoms with Gasteiger partial charge in [-0.15, -0.1) is 0 Å². The van der Waals surface area contributed by atoms with Gasteiger partial charge >= 0.3 is 0 Å². The summed E-state index contributed by atoms with van der Waals surface area (Å²) in [6.07, 6.45) is 0.476. The van der Waals surface area contributed by atoms with Crippen LogP contribution in [-0.4, -0.2) is 50.3 Å². The second-order valence-corrected chi connectivity index (χ2v) is 9.49. The van der Waals surface area contributed by atoms with Gasteiger partial charge in [0.15, 0.2) is 5.78 Å². The SMILES string of the molecule is CCS(=O)(=O)N(C)CCCNC(=O)c1ccccc1C(=O)c1ccc(Br)cc1. The molecule has 0 aliphatic carbocycles. The Kier molecular flexibility index (Phi) is 7.91. The number of rotatable bonds is 9. The lowest BCUT2D eigenvalue weighted by atomic mass is 9.98. The molecule has 0 bridgehead atoms. The zero-order valence-electron chi connectivity index (χ0n) is 15.8. The van der Waals surface area contributed by atoms with E-state index in [-0.39, 0.29) is 17.4 Å². The molecule has 0 saturated carbocycles. The van der Waals surface area contributed by atoms with Gasteiger partial charge in [-0.1, -0.05) is 34.1 Å². The van der Waals surface area contributed by atoms with Gasteiger partial charge in [-0.05, 0) is 43.7 Å². The minimum atomic E-state index is -3.23. The summed E-state index contributed by atoms with van der Waals surface area (Å²) < 4.78 is 25.6. The molecule has 1 amide bonds. The second-order valence-electron chi connectivity index (χ2n) is 6.21. The Morgan fingerprint density at radius 1 is 1.04 bits per heavy atom. The fourth-order valence-electron chi connectivity index (χ4n) is 2.59. The molecule has 2 aromatic carbocycles.